The Labute approximate surface area is 151 Å². The fourth-order valence-electron chi connectivity index (χ4n) is 4.13. The van der Waals surface area contributed by atoms with E-state index in [1.807, 2.05) is 24.3 Å². The Morgan fingerprint density at radius 1 is 1.08 bits per heavy atom. The summed E-state index contributed by atoms with van der Waals surface area (Å²) >= 11 is 0. The van der Waals surface area contributed by atoms with Crippen LogP contribution in [0.25, 0.3) is 10.9 Å². The summed E-state index contributed by atoms with van der Waals surface area (Å²) in [7, 11) is 0. The van der Waals surface area contributed by atoms with Crippen LogP contribution in [0.2, 0.25) is 0 Å². The number of benzene rings is 2. The van der Waals surface area contributed by atoms with Gasteiger partial charge in [0.25, 0.3) is 0 Å². The second-order valence-electron chi connectivity index (χ2n) is 6.84. The molecule has 1 atom stereocenters. The maximum absolute atomic E-state index is 14.7. The normalized spacial score (nSPS) is 17.5. The Morgan fingerprint density at radius 2 is 1.92 bits per heavy atom. The number of aromatic amines is 1. The molecule has 0 bridgehead atoms. The van der Waals surface area contributed by atoms with E-state index < -0.39 is 0 Å². The molecule has 1 N–H and O–H groups in total. The summed E-state index contributed by atoms with van der Waals surface area (Å²) in [6.45, 7) is 1.60. The van der Waals surface area contributed by atoms with Gasteiger partial charge in [0.15, 0.2) is 0 Å². The molecule has 1 aliphatic heterocycles. The first kappa shape index (κ1) is 15.4. The zero-order valence-corrected chi connectivity index (χ0v) is 14.3. The molecule has 4 heteroatoms. The summed E-state index contributed by atoms with van der Waals surface area (Å²) in [5.74, 6) is -0.166. The van der Waals surface area contributed by atoms with E-state index in [1.165, 1.54) is 10.9 Å². The van der Waals surface area contributed by atoms with Gasteiger partial charge >= 0.3 is 0 Å². The van der Waals surface area contributed by atoms with Crippen molar-refractivity contribution in [3.63, 3.8) is 0 Å². The topological polar surface area (TPSA) is 32.2 Å². The van der Waals surface area contributed by atoms with Gasteiger partial charge in [-0.3, -0.25) is 4.90 Å². The van der Waals surface area contributed by atoms with Gasteiger partial charge in [-0.05, 0) is 30.2 Å². The van der Waals surface area contributed by atoms with Crippen molar-refractivity contribution in [1.82, 2.24) is 9.88 Å². The molecule has 130 valence electrons. The van der Waals surface area contributed by atoms with E-state index in [9.17, 15) is 4.39 Å². The van der Waals surface area contributed by atoms with Gasteiger partial charge in [-0.2, -0.15) is 0 Å². The average molecular weight is 346 g/mol. The van der Waals surface area contributed by atoms with E-state index in [-0.39, 0.29) is 11.9 Å². The first-order valence-electron chi connectivity index (χ1n) is 8.90. The lowest BCUT2D eigenvalue weighted by molar-refractivity contribution is 0.198. The van der Waals surface area contributed by atoms with Crippen molar-refractivity contribution in [1.29, 1.82) is 0 Å². The zero-order chi connectivity index (χ0) is 17.5. The molecule has 0 saturated heterocycles. The Hall–Kier alpha value is -2.85. The molecule has 0 amide bonds. The molecular formula is C22H19FN2O. The molecule has 1 aliphatic rings. The van der Waals surface area contributed by atoms with Gasteiger partial charge in [-0.25, -0.2) is 4.39 Å². The van der Waals surface area contributed by atoms with Gasteiger partial charge in [0.05, 0.1) is 18.6 Å². The fraction of sp³-hybridized carbons (Fsp3) is 0.182. The van der Waals surface area contributed by atoms with Crippen LogP contribution < -0.4 is 0 Å². The van der Waals surface area contributed by atoms with Crippen LogP contribution in [0.3, 0.4) is 0 Å². The minimum atomic E-state index is -0.166. The van der Waals surface area contributed by atoms with Gasteiger partial charge in [0.2, 0.25) is 0 Å². The lowest BCUT2D eigenvalue weighted by atomic mass is 9.92. The Bertz CT molecular complexity index is 1050. The third kappa shape index (κ3) is 2.45. The van der Waals surface area contributed by atoms with Crippen LogP contribution in [0.4, 0.5) is 4.39 Å². The molecule has 0 saturated carbocycles. The first-order chi connectivity index (χ1) is 12.8. The monoisotopic (exact) mass is 346 g/mol. The van der Waals surface area contributed by atoms with Crippen molar-refractivity contribution >= 4 is 10.9 Å². The van der Waals surface area contributed by atoms with Crippen molar-refractivity contribution in [2.45, 2.75) is 19.0 Å². The summed E-state index contributed by atoms with van der Waals surface area (Å²) < 4.78 is 19.9. The lowest BCUT2D eigenvalue weighted by Crippen LogP contribution is -2.36. The van der Waals surface area contributed by atoms with Crippen molar-refractivity contribution < 1.29 is 8.81 Å². The molecule has 5 rings (SSSR count). The predicted octanol–water partition coefficient (Wildman–Crippen LogP) is 5.05. The van der Waals surface area contributed by atoms with Crippen molar-refractivity contribution in [3.05, 3.63) is 95.3 Å². The SMILES string of the molecule is Fc1ccccc1[C@H]1c2[nH]c3ccccc3c2CCN1Cc1ccoc1. The zero-order valence-electron chi connectivity index (χ0n) is 14.3. The first-order valence-corrected chi connectivity index (χ1v) is 8.90. The third-order valence-corrected chi connectivity index (χ3v) is 5.30. The van der Waals surface area contributed by atoms with Crippen molar-refractivity contribution in [3.8, 4) is 0 Å². The number of nitrogens with zero attached hydrogens (tertiary/aromatic N) is 1. The van der Waals surface area contributed by atoms with Crippen LogP contribution in [-0.2, 0) is 13.0 Å². The van der Waals surface area contributed by atoms with Crippen LogP contribution in [0.15, 0.2) is 71.5 Å². The predicted molar refractivity (Wildman–Crippen MR) is 99.4 cm³/mol. The Balaban J connectivity index is 1.67. The van der Waals surface area contributed by atoms with Crippen LogP contribution in [0.5, 0.6) is 0 Å². The number of halogens is 1. The largest absolute Gasteiger partial charge is 0.472 e. The van der Waals surface area contributed by atoms with E-state index in [0.29, 0.717) is 5.56 Å². The molecule has 0 radical (unpaired) electrons. The summed E-state index contributed by atoms with van der Waals surface area (Å²) in [6, 6.07) is 17.3. The summed E-state index contributed by atoms with van der Waals surface area (Å²) in [5.41, 5.74) is 5.33. The number of nitrogens with one attached hydrogen (secondary N) is 1. The minimum Gasteiger partial charge on any atom is -0.472 e. The highest BCUT2D eigenvalue weighted by molar-refractivity contribution is 5.85. The number of rotatable bonds is 3. The maximum atomic E-state index is 14.7. The number of aromatic nitrogens is 1. The van der Waals surface area contributed by atoms with Crippen molar-refractivity contribution in [2.24, 2.45) is 0 Å². The van der Waals surface area contributed by atoms with Gasteiger partial charge in [-0.15, -0.1) is 0 Å². The van der Waals surface area contributed by atoms with Crippen LogP contribution in [0.1, 0.15) is 28.4 Å². The number of H-pyrrole nitrogens is 1. The fourth-order valence-corrected chi connectivity index (χ4v) is 4.13. The highest BCUT2D eigenvalue weighted by Crippen LogP contribution is 2.39. The molecule has 0 fully saturated rings. The summed E-state index contributed by atoms with van der Waals surface area (Å²) in [5, 5.41) is 1.24. The number of fused-ring (bicyclic) bond motifs is 3. The van der Waals surface area contributed by atoms with Crippen molar-refractivity contribution in [2.75, 3.05) is 6.54 Å². The maximum Gasteiger partial charge on any atom is 0.128 e. The quantitative estimate of drug-likeness (QED) is 0.563. The van der Waals surface area contributed by atoms with E-state index in [2.05, 4.69) is 28.1 Å². The number of para-hydroxylation sites is 1. The molecule has 3 nitrogen and oxygen atoms in total. The van der Waals surface area contributed by atoms with E-state index >= 15 is 0 Å². The second kappa shape index (κ2) is 6.15. The minimum absolute atomic E-state index is 0.137. The number of hydrogen-bond acceptors (Lipinski definition) is 2. The van der Waals surface area contributed by atoms with Gasteiger partial charge < -0.3 is 9.40 Å². The molecule has 2 aromatic heterocycles. The van der Waals surface area contributed by atoms with Crippen LogP contribution in [0, 0.1) is 5.82 Å². The van der Waals surface area contributed by atoms with E-state index in [0.717, 1.165) is 36.3 Å². The van der Waals surface area contributed by atoms with Gasteiger partial charge in [0, 0.05) is 40.8 Å². The highest BCUT2D eigenvalue weighted by Gasteiger charge is 2.33. The number of hydrogen-bond donors (Lipinski definition) is 1. The summed E-state index contributed by atoms with van der Waals surface area (Å²) in [6.07, 6.45) is 4.40. The number of furan rings is 1. The van der Waals surface area contributed by atoms with Crippen LogP contribution >= 0.6 is 0 Å². The lowest BCUT2D eigenvalue weighted by Gasteiger charge is -2.36. The Kier molecular flexibility index (Phi) is 3.64. The highest BCUT2D eigenvalue weighted by atomic mass is 19.1. The smallest absolute Gasteiger partial charge is 0.128 e. The average Bonchev–Trinajstić information content (AvgIpc) is 3.30. The molecule has 26 heavy (non-hydrogen) atoms. The molecule has 4 aromatic rings. The molecule has 0 unspecified atom stereocenters. The van der Waals surface area contributed by atoms with E-state index in [4.69, 9.17) is 4.42 Å². The molecule has 0 spiro atoms. The van der Waals surface area contributed by atoms with Gasteiger partial charge in [-0.1, -0.05) is 36.4 Å². The molecule has 0 aliphatic carbocycles. The van der Waals surface area contributed by atoms with Gasteiger partial charge in [0.1, 0.15) is 5.82 Å². The molecular weight excluding hydrogens is 327 g/mol. The second-order valence-corrected chi connectivity index (χ2v) is 6.84. The van der Waals surface area contributed by atoms with Crippen LogP contribution in [-0.4, -0.2) is 16.4 Å². The Morgan fingerprint density at radius 3 is 2.77 bits per heavy atom. The third-order valence-electron chi connectivity index (χ3n) is 5.30. The molecule has 3 heterocycles. The van der Waals surface area contributed by atoms with E-state index in [1.54, 1.807) is 24.7 Å². The standard InChI is InChI=1S/C22H19FN2O/c23-19-7-3-1-6-18(19)22-21-17(16-5-2-4-8-20(16)24-21)9-11-25(22)13-15-10-12-26-14-15/h1-8,10,12,14,22,24H,9,11,13H2/t22-/m0/s1. The summed E-state index contributed by atoms with van der Waals surface area (Å²) in [4.78, 5) is 5.89. The molecule has 2 aromatic carbocycles.